The summed E-state index contributed by atoms with van der Waals surface area (Å²) in [6, 6.07) is 0. The Balaban J connectivity index is 0.000000640. The van der Waals surface area contributed by atoms with Crippen LogP contribution in [0.15, 0.2) is 17.3 Å². The zero-order chi connectivity index (χ0) is 5.98. The number of nitrogens with one attached hydrogen (secondary N) is 2. The van der Waals surface area contributed by atoms with Crippen LogP contribution in [0.4, 0.5) is 0 Å². The Kier molecular flexibility index (Phi) is 3.06. The molecule has 0 aromatic carbocycles. The fraction of sp³-hybridized carbons (Fsp3) is 0. The van der Waals surface area contributed by atoms with Gasteiger partial charge < -0.3 is 15.8 Å². The first-order valence-electron chi connectivity index (χ1n) is 2.10. The topological polar surface area (TPSA) is 60.1 Å². The van der Waals surface area contributed by atoms with Gasteiger partial charge in [-0.25, -0.2) is 0 Å². The van der Waals surface area contributed by atoms with E-state index in [4.69, 9.17) is 10.8 Å². The van der Waals surface area contributed by atoms with Crippen LogP contribution in [0.25, 0.3) is 0 Å². The molecule has 3 nitrogen and oxygen atoms in total. The minimum atomic E-state index is 0. The van der Waals surface area contributed by atoms with Crippen molar-refractivity contribution < 1.29 is 17.1 Å². The Labute approximate surface area is 63.4 Å². The van der Waals surface area contributed by atoms with Crippen LogP contribution >= 0.6 is 0 Å². The molecule has 0 atom stereocenters. The third-order valence-corrected chi connectivity index (χ3v) is 0.761. The Hall–Kier alpha value is -0.731. The summed E-state index contributed by atoms with van der Waals surface area (Å²) >= 11 is 0. The molecule has 0 spiro atoms. The fourth-order valence-electron chi connectivity index (χ4n) is 0.357. The van der Waals surface area contributed by atoms with Crippen molar-refractivity contribution in [1.29, 1.82) is 10.8 Å². The van der Waals surface area contributed by atoms with E-state index in [-0.39, 0.29) is 28.5 Å². The molecule has 1 heterocycles. The third-order valence-electron chi connectivity index (χ3n) is 0.761. The predicted octanol–water partition coefficient (Wildman–Crippen LogP) is 0.499. The summed E-state index contributed by atoms with van der Waals surface area (Å²) in [5.74, 6) is 0. The minimum Gasteiger partial charge on any atom is -0.392 e. The van der Waals surface area contributed by atoms with E-state index in [1.807, 2.05) is 0 Å². The van der Waals surface area contributed by atoms with Gasteiger partial charge in [0.05, 0.1) is 0 Å². The standard InChI is InChI=1S/C5H4N3.Fe/c6-4-1-2-8-3-5(4)7;/h1-2,6-7H;/q-1;. The SMILES string of the molecule is N=C1[C-]=NC=CC1=N.[Fe]. The molecule has 1 rings (SSSR count). The Morgan fingerprint density at radius 3 is 2.44 bits per heavy atom. The normalized spacial score (nSPS) is 15.6. The summed E-state index contributed by atoms with van der Waals surface area (Å²) in [5.41, 5.74) is 0.215. The Morgan fingerprint density at radius 1 is 1.44 bits per heavy atom. The van der Waals surface area contributed by atoms with Crippen LogP contribution < -0.4 is 0 Å². The third kappa shape index (κ3) is 1.91. The van der Waals surface area contributed by atoms with Gasteiger partial charge in [0.2, 0.25) is 0 Å². The molecule has 0 radical (unpaired) electrons. The minimum absolute atomic E-state index is 0. The number of nitrogens with zero attached hydrogens (tertiary/aromatic N) is 1. The quantitative estimate of drug-likeness (QED) is 0.384. The van der Waals surface area contributed by atoms with Gasteiger partial charge in [-0.1, -0.05) is 12.4 Å². The molecule has 1 aliphatic rings. The smallest absolute Gasteiger partial charge is 0 e. The molecule has 1 aliphatic heterocycles. The second kappa shape index (κ2) is 3.33. The van der Waals surface area contributed by atoms with E-state index < -0.39 is 0 Å². The second-order valence-electron chi connectivity index (χ2n) is 1.35. The molecular formula is C5H4FeN3-. The summed E-state index contributed by atoms with van der Waals surface area (Å²) < 4.78 is 0. The van der Waals surface area contributed by atoms with Crippen molar-refractivity contribution in [3.63, 3.8) is 0 Å². The second-order valence-corrected chi connectivity index (χ2v) is 1.35. The molecule has 0 bridgehead atoms. The van der Waals surface area contributed by atoms with Crippen LogP contribution in [0, 0.1) is 10.8 Å². The van der Waals surface area contributed by atoms with Crippen molar-refractivity contribution in [2.45, 2.75) is 0 Å². The van der Waals surface area contributed by atoms with Crippen LogP contribution in [0.2, 0.25) is 0 Å². The van der Waals surface area contributed by atoms with E-state index in [2.05, 4.69) is 11.2 Å². The molecule has 0 fully saturated rings. The summed E-state index contributed by atoms with van der Waals surface area (Å²) in [7, 11) is 0. The van der Waals surface area contributed by atoms with Gasteiger partial charge in [-0.05, 0) is 11.4 Å². The van der Waals surface area contributed by atoms with E-state index in [0.717, 1.165) is 0 Å². The van der Waals surface area contributed by atoms with Crippen LogP contribution in [0.5, 0.6) is 0 Å². The van der Waals surface area contributed by atoms with Gasteiger partial charge >= 0.3 is 0 Å². The molecule has 0 aromatic rings. The number of hydrogen-bond donors (Lipinski definition) is 2. The van der Waals surface area contributed by atoms with Crippen molar-refractivity contribution in [3.05, 3.63) is 12.3 Å². The van der Waals surface area contributed by atoms with E-state index >= 15 is 0 Å². The van der Waals surface area contributed by atoms with E-state index in [1.54, 1.807) is 0 Å². The average molecular weight is 162 g/mol. The summed E-state index contributed by atoms with van der Waals surface area (Å²) in [5, 5.41) is 13.9. The van der Waals surface area contributed by atoms with Crippen molar-refractivity contribution in [3.8, 4) is 0 Å². The van der Waals surface area contributed by atoms with Gasteiger partial charge in [-0.15, -0.1) is 6.08 Å². The van der Waals surface area contributed by atoms with Crippen molar-refractivity contribution in [2.75, 3.05) is 0 Å². The van der Waals surface area contributed by atoms with Gasteiger partial charge in [0.25, 0.3) is 0 Å². The summed E-state index contributed by atoms with van der Waals surface area (Å²) in [6.45, 7) is 0. The molecular weight excluding hydrogens is 158 g/mol. The summed E-state index contributed by atoms with van der Waals surface area (Å²) in [6.07, 6.45) is 5.23. The van der Waals surface area contributed by atoms with Crippen LogP contribution in [-0.2, 0) is 17.1 Å². The average Bonchev–Trinajstić information content (AvgIpc) is 1.77. The van der Waals surface area contributed by atoms with E-state index in [9.17, 15) is 0 Å². The van der Waals surface area contributed by atoms with Crippen LogP contribution in [-0.4, -0.2) is 17.6 Å². The largest absolute Gasteiger partial charge is 0.392 e. The van der Waals surface area contributed by atoms with E-state index in [1.165, 1.54) is 12.3 Å². The first kappa shape index (κ1) is 8.27. The fourth-order valence-corrected chi connectivity index (χ4v) is 0.357. The van der Waals surface area contributed by atoms with Gasteiger partial charge in [0.1, 0.15) is 0 Å². The molecule has 0 amide bonds. The maximum atomic E-state index is 6.96. The molecule has 0 saturated carbocycles. The molecule has 0 aliphatic carbocycles. The first-order chi connectivity index (χ1) is 3.80. The van der Waals surface area contributed by atoms with Gasteiger partial charge in [0, 0.05) is 17.1 Å². The van der Waals surface area contributed by atoms with Crippen molar-refractivity contribution >= 4 is 17.6 Å². The predicted molar refractivity (Wildman–Crippen MR) is 32.0 cm³/mol. The molecule has 4 heteroatoms. The van der Waals surface area contributed by atoms with Gasteiger partial charge in [0.15, 0.2) is 0 Å². The zero-order valence-corrected chi connectivity index (χ0v) is 5.56. The number of allylic oxidation sites excluding steroid dienone is 1. The van der Waals surface area contributed by atoms with Crippen LogP contribution in [0.1, 0.15) is 0 Å². The van der Waals surface area contributed by atoms with Gasteiger partial charge in [-0.3, -0.25) is 0 Å². The molecule has 0 unspecified atom stereocenters. The van der Waals surface area contributed by atoms with Gasteiger partial charge in [-0.2, -0.15) is 0 Å². The molecule has 9 heavy (non-hydrogen) atoms. The number of aliphatic imine (C=N–C) groups is 1. The van der Waals surface area contributed by atoms with E-state index in [0.29, 0.717) is 0 Å². The number of hydrogen-bond acceptors (Lipinski definition) is 3. The maximum absolute atomic E-state index is 6.96. The molecule has 0 aromatic heterocycles. The Bertz CT molecular complexity index is 170. The Morgan fingerprint density at radius 2 is 2.11 bits per heavy atom. The van der Waals surface area contributed by atoms with Crippen molar-refractivity contribution in [1.82, 2.24) is 0 Å². The van der Waals surface area contributed by atoms with Crippen molar-refractivity contribution in [2.24, 2.45) is 4.99 Å². The maximum Gasteiger partial charge on any atom is 0 e. The molecule has 2 N–H and O–H groups in total. The summed E-state index contributed by atoms with van der Waals surface area (Å²) in [4.78, 5) is 3.51. The monoisotopic (exact) mass is 162 g/mol. The number of rotatable bonds is 0. The van der Waals surface area contributed by atoms with Crippen LogP contribution in [0.3, 0.4) is 0 Å². The molecule has 48 valence electrons. The first-order valence-corrected chi connectivity index (χ1v) is 2.10. The molecule has 0 saturated heterocycles. The zero-order valence-electron chi connectivity index (χ0n) is 4.46.